The van der Waals surface area contributed by atoms with E-state index in [0.717, 1.165) is 5.69 Å². The third kappa shape index (κ3) is 5.65. The molecule has 3 amide bonds. The summed E-state index contributed by atoms with van der Waals surface area (Å²) in [7, 11) is 3.82. The standard InChI is InChI=1S/C25H37N5O5/c1-14(2)12-18(27-23(33)16-6-8-17(9-7-16)28(4)5)24(34)29-11-10-19-22(29)20(32)13-30(19)25(35)21(26)15(3)31/h6-9,14-15,18-19,21-22,31H,10-13,26H2,1-5H3,(H,27,33). The number of benzene rings is 1. The number of nitrogens with one attached hydrogen (secondary N) is 1. The number of aliphatic hydroxyl groups excluding tert-OH is 1. The molecule has 4 N–H and O–H groups in total. The molecule has 2 saturated heterocycles. The number of aliphatic hydroxyl groups is 1. The van der Waals surface area contributed by atoms with Crippen LogP contribution in [0.1, 0.15) is 44.0 Å². The van der Waals surface area contributed by atoms with Crippen molar-refractivity contribution in [2.75, 3.05) is 32.1 Å². The quantitative estimate of drug-likeness (QED) is 0.469. The van der Waals surface area contributed by atoms with Crippen LogP contribution in [0, 0.1) is 5.92 Å². The molecule has 2 fully saturated rings. The third-order valence-electron chi connectivity index (χ3n) is 6.75. The van der Waals surface area contributed by atoms with Gasteiger partial charge in [0.05, 0.1) is 18.7 Å². The predicted molar refractivity (Wildman–Crippen MR) is 132 cm³/mol. The Bertz CT molecular complexity index is 961. The molecule has 2 heterocycles. The van der Waals surface area contributed by atoms with Crippen LogP contribution in [0.4, 0.5) is 5.69 Å². The largest absolute Gasteiger partial charge is 0.391 e. The van der Waals surface area contributed by atoms with E-state index in [-0.39, 0.29) is 30.1 Å². The minimum absolute atomic E-state index is 0.125. The van der Waals surface area contributed by atoms with Crippen molar-refractivity contribution in [2.24, 2.45) is 11.7 Å². The first kappa shape index (κ1) is 26.6. The molecule has 0 radical (unpaired) electrons. The van der Waals surface area contributed by atoms with Gasteiger partial charge in [0, 0.05) is 31.9 Å². The summed E-state index contributed by atoms with van der Waals surface area (Å²) in [5.41, 5.74) is 7.21. The van der Waals surface area contributed by atoms with Crippen molar-refractivity contribution in [1.29, 1.82) is 0 Å². The van der Waals surface area contributed by atoms with Crippen LogP contribution in [-0.4, -0.2) is 95.9 Å². The van der Waals surface area contributed by atoms with E-state index in [1.807, 2.05) is 45.0 Å². The average molecular weight is 488 g/mol. The van der Waals surface area contributed by atoms with E-state index in [9.17, 15) is 24.3 Å². The lowest BCUT2D eigenvalue weighted by atomic mass is 10.0. The summed E-state index contributed by atoms with van der Waals surface area (Å²) in [5, 5.41) is 12.6. The molecule has 2 aliphatic rings. The van der Waals surface area contributed by atoms with Crippen molar-refractivity contribution in [2.45, 2.75) is 63.9 Å². The van der Waals surface area contributed by atoms with Gasteiger partial charge in [-0.25, -0.2) is 0 Å². The second kappa shape index (κ2) is 10.7. The maximum Gasteiger partial charge on any atom is 0.251 e. The van der Waals surface area contributed by atoms with Gasteiger partial charge in [-0.3, -0.25) is 19.2 Å². The summed E-state index contributed by atoms with van der Waals surface area (Å²) in [6, 6.07) is 3.92. The van der Waals surface area contributed by atoms with E-state index < -0.39 is 36.2 Å². The monoisotopic (exact) mass is 487 g/mol. The molecule has 10 nitrogen and oxygen atoms in total. The topological polar surface area (TPSA) is 136 Å². The van der Waals surface area contributed by atoms with E-state index in [0.29, 0.717) is 24.9 Å². The minimum atomic E-state index is -1.13. The molecule has 0 bridgehead atoms. The number of rotatable bonds is 8. The van der Waals surface area contributed by atoms with E-state index >= 15 is 0 Å². The van der Waals surface area contributed by atoms with Crippen LogP contribution in [0.15, 0.2) is 24.3 Å². The van der Waals surface area contributed by atoms with Crippen molar-refractivity contribution in [1.82, 2.24) is 15.1 Å². The van der Waals surface area contributed by atoms with Gasteiger partial charge < -0.3 is 30.9 Å². The first-order chi connectivity index (χ1) is 16.4. The zero-order valence-electron chi connectivity index (χ0n) is 21.1. The number of amides is 3. The molecule has 5 unspecified atom stereocenters. The highest BCUT2D eigenvalue weighted by Gasteiger charge is 2.52. The van der Waals surface area contributed by atoms with Gasteiger partial charge in [0.1, 0.15) is 18.1 Å². The fourth-order valence-electron chi connectivity index (χ4n) is 4.80. The number of nitrogens with zero attached hydrogens (tertiary/aromatic N) is 3. The van der Waals surface area contributed by atoms with E-state index in [1.54, 1.807) is 12.1 Å². The fourth-order valence-corrected chi connectivity index (χ4v) is 4.80. The Hall–Kier alpha value is -2.98. The smallest absolute Gasteiger partial charge is 0.251 e. The zero-order valence-corrected chi connectivity index (χ0v) is 21.1. The van der Waals surface area contributed by atoms with E-state index in [1.165, 1.54) is 16.7 Å². The SMILES string of the molecule is CC(C)CC(NC(=O)c1ccc(N(C)C)cc1)C(=O)N1CCC2C1C(=O)CN2C(=O)C(N)C(C)O. The molecule has 0 aromatic heterocycles. The van der Waals surface area contributed by atoms with Crippen LogP contribution in [0.5, 0.6) is 0 Å². The van der Waals surface area contributed by atoms with Gasteiger partial charge in [-0.1, -0.05) is 13.8 Å². The molecule has 5 atom stereocenters. The van der Waals surface area contributed by atoms with Crippen LogP contribution in [0.3, 0.4) is 0 Å². The second-order valence-corrected chi connectivity index (χ2v) is 10.1. The summed E-state index contributed by atoms with van der Waals surface area (Å²) in [6.45, 7) is 5.51. The highest BCUT2D eigenvalue weighted by atomic mass is 16.3. The van der Waals surface area contributed by atoms with Gasteiger partial charge in [-0.2, -0.15) is 0 Å². The lowest BCUT2D eigenvalue weighted by molar-refractivity contribution is -0.138. The Morgan fingerprint density at radius 1 is 1.11 bits per heavy atom. The normalized spacial score (nSPS) is 22.1. The number of carbonyl (C=O) groups is 4. The second-order valence-electron chi connectivity index (χ2n) is 10.1. The Kier molecular flexibility index (Phi) is 8.17. The van der Waals surface area contributed by atoms with Gasteiger partial charge in [0.15, 0.2) is 5.78 Å². The van der Waals surface area contributed by atoms with Crippen molar-refractivity contribution in [3.63, 3.8) is 0 Å². The molecular weight excluding hydrogens is 450 g/mol. The summed E-state index contributed by atoms with van der Waals surface area (Å²) >= 11 is 0. The highest BCUT2D eigenvalue weighted by molar-refractivity contribution is 6.01. The lowest BCUT2D eigenvalue weighted by Crippen LogP contribution is -2.53. The van der Waals surface area contributed by atoms with Crippen molar-refractivity contribution in [3.05, 3.63) is 29.8 Å². The molecule has 0 aliphatic carbocycles. The number of carbonyl (C=O) groups excluding carboxylic acids is 4. The van der Waals surface area contributed by atoms with Crippen LogP contribution < -0.4 is 16.0 Å². The fraction of sp³-hybridized carbons (Fsp3) is 0.600. The van der Waals surface area contributed by atoms with Gasteiger partial charge >= 0.3 is 0 Å². The number of nitrogens with two attached hydrogens (primary N) is 1. The number of ketones is 1. The molecule has 2 aliphatic heterocycles. The molecule has 3 rings (SSSR count). The Balaban J connectivity index is 1.76. The Morgan fingerprint density at radius 3 is 2.29 bits per heavy atom. The van der Waals surface area contributed by atoms with Crippen LogP contribution in [-0.2, 0) is 14.4 Å². The number of Topliss-reactive ketones (excluding diaryl/α,β-unsaturated/α-hetero) is 1. The highest BCUT2D eigenvalue weighted by Crippen LogP contribution is 2.31. The number of fused-ring (bicyclic) bond motifs is 1. The van der Waals surface area contributed by atoms with Crippen LogP contribution in [0.2, 0.25) is 0 Å². The number of anilines is 1. The van der Waals surface area contributed by atoms with Crippen LogP contribution >= 0.6 is 0 Å². The number of likely N-dealkylation sites (tertiary alicyclic amines) is 2. The van der Waals surface area contributed by atoms with Gasteiger partial charge in [0.25, 0.3) is 5.91 Å². The molecule has 192 valence electrons. The predicted octanol–water partition coefficient (Wildman–Crippen LogP) is -0.0140. The third-order valence-corrected chi connectivity index (χ3v) is 6.75. The molecule has 35 heavy (non-hydrogen) atoms. The lowest BCUT2D eigenvalue weighted by Gasteiger charge is -2.29. The minimum Gasteiger partial charge on any atom is -0.391 e. The summed E-state index contributed by atoms with van der Waals surface area (Å²) in [6.07, 6.45) is -0.194. The maximum absolute atomic E-state index is 13.6. The van der Waals surface area contributed by atoms with Gasteiger partial charge in [-0.15, -0.1) is 0 Å². The summed E-state index contributed by atoms with van der Waals surface area (Å²) < 4.78 is 0. The van der Waals surface area contributed by atoms with Crippen molar-refractivity contribution < 1.29 is 24.3 Å². The van der Waals surface area contributed by atoms with Crippen molar-refractivity contribution >= 4 is 29.2 Å². The number of hydrogen-bond donors (Lipinski definition) is 3. The Labute approximate surface area is 206 Å². The summed E-state index contributed by atoms with van der Waals surface area (Å²) in [5.74, 6) is -1.29. The molecule has 1 aromatic carbocycles. The maximum atomic E-state index is 13.6. The molecule has 0 saturated carbocycles. The van der Waals surface area contributed by atoms with E-state index in [2.05, 4.69) is 5.32 Å². The first-order valence-electron chi connectivity index (χ1n) is 12.1. The number of hydrogen-bond acceptors (Lipinski definition) is 7. The molecular formula is C25H37N5O5. The Morgan fingerprint density at radius 2 is 1.74 bits per heavy atom. The van der Waals surface area contributed by atoms with Crippen molar-refractivity contribution in [3.8, 4) is 0 Å². The zero-order chi connectivity index (χ0) is 26.0. The molecule has 0 spiro atoms. The van der Waals surface area contributed by atoms with E-state index in [4.69, 9.17) is 5.73 Å². The average Bonchev–Trinajstić information content (AvgIpc) is 3.38. The van der Waals surface area contributed by atoms with Crippen LogP contribution in [0.25, 0.3) is 0 Å². The van der Waals surface area contributed by atoms with Gasteiger partial charge in [0.2, 0.25) is 11.8 Å². The summed E-state index contributed by atoms with van der Waals surface area (Å²) in [4.78, 5) is 56.9. The molecule has 10 heteroatoms. The van der Waals surface area contributed by atoms with Gasteiger partial charge in [-0.05, 0) is 49.9 Å². The first-order valence-corrected chi connectivity index (χ1v) is 12.1. The molecule has 1 aromatic rings.